The first-order valence-corrected chi connectivity index (χ1v) is 8.96. The Labute approximate surface area is 165 Å². The van der Waals surface area contributed by atoms with E-state index in [4.69, 9.17) is 32.7 Å². The molecule has 0 N–H and O–H groups in total. The molecule has 1 rings (SSSR count). The Morgan fingerprint density at radius 3 is 2.50 bits per heavy atom. The van der Waals surface area contributed by atoms with E-state index in [-0.39, 0.29) is 5.97 Å². The van der Waals surface area contributed by atoms with Crippen LogP contribution in [0.3, 0.4) is 0 Å². The number of halogens is 2. The maximum absolute atomic E-state index is 11.4. The highest BCUT2D eigenvalue weighted by Crippen LogP contribution is 2.35. The van der Waals surface area contributed by atoms with Crippen LogP contribution in [0.4, 0.5) is 0 Å². The van der Waals surface area contributed by atoms with Crippen LogP contribution in [-0.4, -0.2) is 19.7 Å². The average molecular weight is 395 g/mol. The first kappa shape index (κ1) is 22.1. The number of allylic oxidation sites excluding steroid dienone is 6. The van der Waals surface area contributed by atoms with Crippen molar-refractivity contribution >= 4 is 35.2 Å². The highest BCUT2D eigenvalue weighted by molar-refractivity contribution is 6.38. The van der Waals surface area contributed by atoms with Gasteiger partial charge in [0, 0.05) is 17.2 Å². The van der Waals surface area contributed by atoms with Gasteiger partial charge >= 0.3 is 5.97 Å². The van der Waals surface area contributed by atoms with E-state index in [1.54, 1.807) is 20.1 Å². The number of esters is 1. The van der Waals surface area contributed by atoms with Crippen LogP contribution in [0.15, 0.2) is 47.6 Å². The minimum atomic E-state index is -0.339. The molecule has 0 saturated carbocycles. The maximum atomic E-state index is 11.4. The molecule has 0 spiro atoms. The summed E-state index contributed by atoms with van der Waals surface area (Å²) in [6.45, 7) is 7.83. The molecule has 0 saturated heterocycles. The Morgan fingerprint density at radius 1 is 1.19 bits per heavy atom. The summed E-state index contributed by atoms with van der Waals surface area (Å²) in [5, 5.41) is 1.10. The summed E-state index contributed by atoms with van der Waals surface area (Å²) < 4.78 is 10.1. The Hall–Kier alpha value is -1.97. The number of carbonyl (C=O) groups excluding carboxylic acids is 1. The molecule has 0 bridgehead atoms. The van der Waals surface area contributed by atoms with E-state index in [0.717, 1.165) is 22.3 Å². The molecule has 0 radical (unpaired) electrons. The number of hydrogen-bond acceptors (Lipinski definition) is 3. The molecule has 5 heteroatoms. The monoisotopic (exact) mass is 394 g/mol. The molecule has 140 valence electrons. The summed E-state index contributed by atoms with van der Waals surface area (Å²) >= 11 is 12.7. The van der Waals surface area contributed by atoms with Crippen molar-refractivity contribution in [2.75, 3.05) is 13.7 Å². The van der Waals surface area contributed by atoms with Crippen LogP contribution in [0, 0.1) is 6.92 Å². The second kappa shape index (κ2) is 10.9. The van der Waals surface area contributed by atoms with Gasteiger partial charge in [0.25, 0.3) is 0 Å². The molecule has 0 heterocycles. The van der Waals surface area contributed by atoms with Gasteiger partial charge in [0.2, 0.25) is 0 Å². The normalized spacial score (nSPS) is 12.9. The van der Waals surface area contributed by atoms with E-state index < -0.39 is 0 Å². The molecule has 0 amide bonds. The molecule has 1 aromatic rings. The minimum Gasteiger partial charge on any atom is -0.496 e. The lowest BCUT2D eigenvalue weighted by molar-refractivity contribution is -0.137. The molecule has 0 fully saturated rings. The molecule has 0 unspecified atom stereocenters. The van der Waals surface area contributed by atoms with Crippen LogP contribution in [-0.2, 0) is 9.53 Å². The molecule has 0 aliphatic heterocycles. The Kier molecular flexibility index (Phi) is 9.25. The van der Waals surface area contributed by atoms with E-state index in [1.807, 2.05) is 51.2 Å². The lowest BCUT2D eigenvalue weighted by atomic mass is 10.1. The van der Waals surface area contributed by atoms with Gasteiger partial charge in [-0.3, -0.25) is 0 Å². The van der Waals surface area contributed by atoms with Gasteiger partial charge in [0.15, 0.2) is 0 Å². The van der Waals surface area contributed by atoms with Crippen molar-refractivity contribution in [2.24, 2.45) is 0 Å². The first-order chi connectivity index (χ1) is 12.3. The molecule has 26 heavy (non-hydrogen) atoms. The topological polar surface area (TPSA) is 35.5 Å². The SMILES string of the molecule is CCOC(=O)C=C(C)C=CC=C(C)C=Cc1c(Cl)cc(OC)c(C)c1Cl. The quantitative estimate of drug-likeness (QED) is 0.307. The molecule has 1 aromatic carbocycles. The zero-order chi connectivity index (χ0) is 19.7. The minimum absolute atomic E-state index is 0.339. The third-order valence-corrected chi connectivity index (χ3v) is 4.33. The van der Waals surface area contributed by atoms with Crippen LogP contribution < -0.4 is 4.74 Å². The second-order valence-corrected chi connectivity index (χ2v) is 6.44. The third kappa shape index (κ3) is 6.74. The molecule has 0 aromatic heterocycles. The van der Waals surface area contributed by atoms with Crippen LogP contribution in [0.1, 0.15) is 31.9 Å². The number of hydrogen-bond donors (Lipinski definition) is 0. The van der Waals surface area contributed by atoms with E-state index >= 15 is 0 Å². The maximum Gasteiger partial charge on any atom is 0.330 e. The zero-order valence-corrected chi connectivity index (χ0v) is 17.2. The van der Waals surface area contributed by atoms with E-state index in [9.17, 15) is 4.79 Å². The molecule has 0 aliphatic carbocycles. The van der Waals surface area contributed by atoms with Gasteiger partial charge in [-0.05, 0) is 39.3 Å². The number of rotatable bonds is 7. The van der Waals surface area contributed by atoms with Gasteiger partial charge in [0.1, 0.15) is 5.75 Å². The Bertz CT molecular complexity index is 772. The molecule has 3 nitrogen and oxygen atoms in total. The molecule has 0 aliphatic rings. The largest absolute Gasteiger partial charge is 0.496 e. The fourth-order valence-corrected chi connectivity index (χ4v) is 2.68. The van der Waals surface area contributed by atoms with Crippen LogP contribution >= 0.6 is 23.2 Å². The van der Waals surface area contributed by atoms with Gasteiger partial charge in [-0.25, -0.2) is 4.79 Å². The first-order valence-electron chi connectivity index (χ1n) is 8.20. The van der Waals surface area contributed by atoms with Crippen molar-refractivity contribution in [3.63, 3.8) is 0 Å². The predicted molar refractivity (Wildman–Crippen MR) is 110 cm³/mol. The van der Waals surface area contributed by atoms with Crippen molar-refractivity contribution in [1.29, 1.82) is 0 Å². The van der Waals surface area contributed by atoms with Crippen molar-refractivity contribution in [2.45, 2.75) is 27.7 Å². The summed E-state index contributed by atoms with van der Waals surface area (Å²) in [4.78, 5) is 11.4. The van der Waals surface area contributed by atoms with Gasteiger partial charge in [-0.15, -0.1) is 0 Å². The van der Waals surface area contributed by atoms with Crippen molar-refractivity contribution in [1.82, 2.24) is 0 Å². The second-order valence-electron chi connectivity index (χ2n) is 5.66. The lowest BCUT2D eigenvalue weighted by Crippen LogP contribution is -1.99. The summed E-state index contributed by atoms with van der Waals surface area (Å²) in [5.41, 5.74) is 3.42. The summed E-state index contributed by atoms with van der Waals surface area (Å²) in [6, 6.07) is 1.75. The third-order valence-electron chi connectivity index (χ3n) is 3.53. The van der Waals surface area contributed by atoms with Crippen molar-refractivity contribution in [3.8, 4) is 5.75 Å². The fourth-order valence-electron chi connectivity index (χ4n) is 2.12. The van der Waals surface area contributed by atoms with Gasteiger partial charge in [-0.1, -0.05) is 59.2 Å². The molecular formula is C21H24Cl2O3. The number of methoxy groups -OCH3 is 1. The molecule has 0 atom stereocenters. The van der Waals surface area contributed by atoms with E-state index in [2.05, 4.69) is 0 Å². The van der Waals surface area contributed by atoms with E-state index in [0.29, 0.717) is 22.4 Å². The Balaban J connectivity index is 2.89. The standard InChI is InChI=1S/C21H24Cl2O3/c1-6-26-20(24)12-15(3)9-7-8-14(2)10-11-17-18(22)13-19(25-5)16(4)21(17)23/h7-13H,6H2,1-5H3. The Morgan fingerprint density at radius 2 is 1.88 bits per heavy atom. The smallest absolute Gasteiger partial charge is 0.330 e. The lowest BCUT2D eigenvalue weighted by Gasteiger charge is -2.10. The zero-order valence-electron chi connectivity index (χ0n) is 15.7. The van der Waals surface area contributed by atoms with Crippen molar-refractivity contribution < 1.29 is 14.3 Å². The summed E-state index contributed by atoms with van der Waals surface area (Å²) in [7, 11) is 1.59. The summed E-state index contributed by atoms with van der Waals surface area (Å²) in [6.07, 6.45) is 10.9. The highest BCUT2D eigenvalue weighted by atomic mass is 35.5. The summed E-state index contributed by atoms with van der Waals surface area (Å²) in [5.74, 6) is 0.325. The van der Waals surface area contributed by atoms with Crippen molar-refractivity contribution in [3.05, 3.63) is 68.8 Å². The van der Waals surface area contributed by atoms with Gasteiger partial charge in [0.05, 0.1) is 23.8 Å². The predicted octanol–water partition coefficient (Wildman–Crippen LogP) is 6.34. The van der Waals surface area contributed by atoms with Gasteiger partial charge in [-0.2, -0.15) is 0 Å². The van der Waals surface area contributed by atoms with Gasteiger partial charge < -0.3 is 9.47 Å². The number of benzene rings is 1. The van der Waals surface area contributed by atoms with Crippen LogP contribution in [0.2, 0.25) is 10.0 Å². The molecular weight excluding hydrogens is 371 g/mol. The number of carbonyl (C=O) groups is 1. The average Bonchev–Trinajstić information content (AvgIpc) is 2.58. The highest BCUT2D eigenvalue weighted by Gasteiger charge is 2.11. The van der Waals surface area contributed by atoms with Crippen LogP contribution in [0.5, 0.6) is 5.75 Å². The van der Waals surface area contributed by atoms with E-state index in [1.165, 1.54) is 6.08 Å². The fraction of sp³-hybridized carbons (Fsp3) is 0.286. The number of ether oxygens (including phenoxy) is 2. The van der Waals surface area contributed by atoms with Crippen LogP contribution in [0.25, 0.3) is 6.08 Å².